The van der Waals surface area contributed by atoms with Crippen LogP contribution in [0.4, 0.5) is 0 Å². The predicted octanol–water partition coefficient (Wildman–Crippen LogP) is 0.291. The summed E-state index contributed by atoms with van der Waals surface area (Å²) in [6, 6.07) is -0.291. The Bertz CT molecular complexity index is 525. The van der Waals surface area contributed by atoms with Gasteiger partial charge in [0.15, 0.2) is 0 Å². The second-order valence-corrected chi connectivity index (χ2v) is 4.37. The van der Waals surface area contributed by atoms with Gasteiger partial charge in [-0.15, -0.1) is 0 Å². The van der Waals surface area contributed by atoms with Crippen molar-refractivity contribution in [3.63, 3.8) is 0 Å². The fourth-order valence-electron chi connectivity index (χ4n) is 2.16. The lowest BCUT2D eigenvalue weighted by atomic mass is 10.1. The van der Waals surface area contributed by atoms with Crippen LogP contribution in [0, 0.1) is 6.92 Å². The van der Waals surface area contributed by atoms with E-state index in [2.05, 4.69) is 4.98 Å². The molecule has 6 heteroatoms. The van der Waals surface area contributed by atoms with Crippen molar-refractivity contribution in [2.75, 3.05) is 6.61 Å². The molecular formula is C11H16N2O4. The van der Waals surface area contributed by atoms with Gasteiger partial charge in [0, 0.05) is 6.61 Å². The summed E-state index contributed by atoms with van der Waals surface area (Å²) < 4.78 is 6.67. The number of H-pyrrole nitrogens is 1. The predicted molar refractivity (Wildman–Crippen MR) is 61.4 cm³/mol. The summed E-state index contributed by atoms with van der Waals surface area (Å²) in [6.45, 7) is 3.95. The molecule has 2 N–H and O–H groups in total. The summed E-state index contributed by atoms with van der Waals surface area (Å²) in [5, 5.41) is 9.88. The summed E-state index contributed by atoms with van der Waals surface area (Å²) in [5.74, 6) is -0.276. The van der Waals surface area contributed by atoms with Crippen LogP contribution in [0.2, 0.25) is 0 Å². The van der Waals surface area contributed by atoms with Crippen LogP contribution in [0.1, 0.15) is 31.4 Å². The number of nitrogens with zero attached hydrogens (tertiary/aromatic N) is 1. The van der Waals surface area contributed by atoms with Gasteiger partial charge in [-0.3, -0.25) is 14.3 Å². The molecular weight excluding hydrogens is 224 g/mol. The summed E-state index contributed by atoms with van der Waals surface area (Å²) in [5.41, 5.74) is -1.00. The van der Waals surface area contributed by atoms with E-state index in [4.69, 9.17) is 4.74 Å². The van der Waals surface area contributed by atoms with Gasteiger partial charge in [-0.1, -0.05) is 0 Å². The molecule has 1 saturated heterocycles. The SMILES string of the molecule is Cc1c(O)n(C(C)C2CCCO2)c(=O)[nH]c1=O. The third-order valence-corrected chi connectivity index (χ3v) is 3.25. The molecule has 2 unspecified atom stereocenters. The van der Waals surface area contributed by atoms with Crippen LogP contribution in [0.25, 0.3) is 0 Å². The van der Waals surface area contributed by atoms with Gasteiger partial charge in [0.2, 0.25) is 5.88 Å². The van der Waals surface area contributed by atoms with Crippen molar-refractivity contribution in [1.29, 1.82) is 0 Å². The molecule has 0 radical (unpaired) electrons. The Morgan fingerprint density at radius 2 is 2.24 bits per heavy atom. The Kier molecular flexibility index (Phi) is 3.06. The maximum Gasteiger partial charge on any atom is 0.331 e. The molecule has 1 aromatic heterocycles. The van der Waals surface area contributed by atoms with E-state index in [-0.39, 0.29) is 23.6 Å². The summed E-state index contributed by atoms with van der Waals surface area (Å²) in [4.78, 5) is 25.2. The molecule has 0 amide bonds. The number of aromatic nitrogens is 2. The molecule has 1 aliphatic rings. The first-order valence-electron chi connectivity index (χ1n) is 5.68. The van der Waals surface area contributed by atoms with Crippen LogP contribution in [0.3, 0.4) is 0 Å². The second kappa shape index (κ2) is 4.37. The first kappa shape index (κ1) is 11.9. The lowest BCUT2D eigenvalue weighted by Gasteiger charge is -2.22. The number of nitrogens with one attached hydrogen (secondary N) is 1. The average Bonchev–Trinajstić information content (AvgIpc) is 2.79. The summed E-state index contributed by atoms with van der Waals surface area (Å²) in [6.07, 6.45) is 1.71. The molecule has 0 aliphatic carbocycles. The molecule has 2 atom stereocenters. The fraction of sp³-hybridized carbons (Fsp3) is 0.636. The topological polar surface area (TPSA) is 84.3 Å². The van der Waals surface area contributed by atoms with Crippen LogP contribution in [-0.4, -0.2) is 27.4 Å². The molecule has 1 aliphatic heterocycles. The Balaban J connectivity index is 2.48. The highest BCUT2D eigenvalue weighted by molar-refractivity contribution is 5.21. The molecule has 94 valence electrons. The van der Waals surface area contributed by atoms with Gasteiger partial charge in [0.1, 0.15) is 0 Å². The van der Waals surface area contributed by atoms with Gasteiger partial charge in [-0.2, -0.15) is 0 Å². The van der Waals surface area contributed by atoms with E-state index in [9.17, 15) is 14.7 Å². The molecule has 0 spiro atoms. The molecule has 2 rings (SSSR count). The average molecular weight is 240 g/mol. The third-order valence-electron chi connectivity index (χ3n) is 3.25. The van der Waals surface area contributed by atoms with Gasteiger partial charge in [0.25, 0.3) is 5.56 Å². The maximum atomic E-state index is 11.7. The van der Waals surface area contributed by atoms with Gasteiger partial charge in [0.05, 0.1) is 17.7 Å². The Hall–Kier alpha value is -1.56. The Morgan fingerprint density at radius 1 is 1.53 bits per heavy atom. The minimum Gasteiger partial charge on any atom is -0.494 e. The lowest BCUT2D eigenvalue weighted by molar-refractivity contribution is 0.0685. The molecule has 0 aromatic carbocycles. The highest BCUT2D eigenvalue weighted by Gasteiger charge is 2.27. The Labute approximate surface area is 97.9 Å². The van der Waals surface area contributed by atoms with Crippen LogP contribution in [-0.2, 0) is 4.74 Å². The molecule has 6 nitrogen and oxygen atoms in total. The second-order valence-electron chi connectivity index (χ2n) is 4.37. The van der Waals surface area contributed by atoms with Crippen molar-refractivity contribution in [2.45, 2.75) is 38.8 Å². The zero-order chi connectivity index (χ0) is 12.6. The molecule has 0 bridgehead atoms. The van der Waals surface area contributed by atoms with Crippen molar-refractivity contribution in [2.24, 2.45) is 0 Å². The monoisotopic (exact) mass is 240 g/mol. The minimum atomic E-state index is -0.596. The van der Waals surface area contributed by atoms with Crippen LogP contribution >= 0.6 is 0 Å². The number of rotatable bonds is 2. The molecule has 17 heavy (non-hydrogen) atoms. The standard InChI is InChI=1S/C11H16N2O4/c1-6-9(14)12-11(16)13(10(6)15)7(2)8-4-3-5-17-8/h7-8,15H,3-5H2,1-2H3,(H,12,14,16). The first-order valence-corrected chi connectivity index (χ1v) is 5.68. The normalized spacial score (nSPS) is 21.6. The largest absolute Gasteiger partial charge is 0.494 e. The Morgan fingerprint density at radius 3 is 2.82 bits per heavy atom. The molecule has 1 fully saturated rings. The van der Waals surface area contributed by atoms with E-state index >= 15 is 0 Å². The number of aromatic hydroxyl groups is 1. The fourth-order valence-corrected chi connectivity index (χ4v) is 2.16. The maximum absolute atomic E-state index is 11.7. The van der Waals surface area contributed by atoms with Crippen molar-refractivity contribution >= 4 is 0 Å². The number of hydrogen-bond donors (Lipinski definition) is 2. The van der Waals surface area contributed by atoms with E-state index in [0.29, 0.717) is 6.61 Å². The number of aromatic amines is 1. The van der Waals surface area contributed by atoms with E-state index in [1.165, 1.54) is 11.5 Å². The summed E-state index contributed by atoms with van der Waals surface area (Å²) >= 11 is 0. The van der Waals surface area contributed by atoms with E-state index in [0.717, 1.165) is 12.8 Å². The molecule has 0 saturated carbocycles. The van der Waals surface area contributed by atoms with Gasteiger partial charge >= 0.3 is 5.69 Å². The van der Waals surface area contributed by atoms with E-state index in [1.54, 1.807) is 6.92 Å². The van der Waals surface area contributed by atoms with Gasteiger partial charge in [-0.05, 0) is 26.7 Å². The third kappa shape index (κ3) is 2.00. The number of hydrogen-bond acceptors (Lipinski definition) is 4. The van der Waals surface area contributed by atoms with Crippen LogP contribution in [0.5, 0.6) is 5.88 Å². The number of ether oxygens (including phenoxy) is 1. The van der Waals surface area contributed by atoms with Crippen molar-refractivity contribution in [3.8, 4) is 5.88 Å². The molecule has 1 aromatic rings. The zero-order valence-corrected chi connectivity index (χ0v) is 9.90. The quantitative estimate of drug-likeness (QED) is 0.778. The van der Waals surface area contributed by atoms with Crippen molar-refractivity contribution in [1.82, 2.24) is 9.55 Å². The lowest BCUT2D eigenvalue weighted by Crippen LogP contribution is -2.36. The van der Waals surface area contributed by atoms with E-state index in [1.807, 2.05) is 0 Å². The van der Waals surface area contributed by atoms with Gasteiger partial charge < -0.3 is 9.84 Å². The first-order chi connectivity index (χ1) is 8.02. The zero-order valence-electron chi connectivity index (χ0n) is 9.90. The van der Waals surface area contributed by atoms with E-state index < -0.39 is 11.2 Å². The highest BCUT2D eigenvalue weighted by atomic mass is 16.5. The van der Waals surface area contributed by atoms with Crippen LogP contribution in [0.15, 0.2) is 9.59 Å². The highest BCUT2D eigenvalue weighted by Crippen LogP contribution is 2.26. The summed E-state index contributed by atoms with van der Waals surface area (Å²) in [7, 11) is 0. The van der Waals surface area contributed by atoms with Crippen LogP contribution < -0.4 is 11.2 Å². The smallest absolute Gasteiger partial charge is 0.331 e. The van der Waals surface area contributed by atoms with Crippen molar-refractivity contribution < 1.29 is 9.84 Å². The minimum absolute atomic E-state index is 0.0936. The molecule has 2 heterocycles. The van der Waals surface area contributed by atoms with Crippen molar-refractivity contribution in [3.05, 3.63) is 26.4 Å². The van der Waals surface area contributed by atoms with Gasteiger partial charge in [-0.25, -0.2) is 4.79 Å².